The highest BCUT2D eigenvalue weighted by Gasteiger charge is 2.03. The van der Waals surface area contributed by atoms with E-state index in [0.717, 1.165) is 0 Å². The zero-order valence-corrected chi connectivity index (χ0v) is 8.44. The summed E-state index contributed by atoms with van der Waals surface area (Å²) in [6.07, 6.45) is 1.56. The van der Waals surface area contributed by atoms with Crippen molar-refractivity contribution in [2.45, 2.75) is 13.3 Å². The van der Waals surface area contributed by atoms with Crippen molar-refractivity contribution in [2.75, 3.05) is 6.61 Å². The first-order valence-electron chi connectivity index (χ1n) is 4.66. The van der Waals surface area contributed by atoms with Gasteiger partial charge in [-0.3, -0.25) is 4.79 Å². The number of carbonyl (C=O) groups excluding carboxylic acids is 1. The molecule has 1 aromatic rings. The number of oxime groups is 1. The van der Waals surface area contributed by atoms with Crippen LogP contribution in [-0.4, -0.2) is 18.6 Å². The van der Waals surface area contributed by atoms with Gasteiger partial charge in [-0.05, 0) is 31.2 Å². The largest absolute Gasteiger partial charge is 0.396 e. The topological polar surface area (TPSA) is 38.7 Å². The minimum absolute atomic E-state index is 0.113. The molecule has 1 rings (SSSR count). The second-order valence-corrected chi connectivity index (χ2v) is 2.84. The fourth-order valence-electron chi connectivity index (χ4n) is 1.00. The van der Waals surface area contributed by atoms with Gasteiger partial charge >= 0.3 is 0 Å². The monoisotopic (exact) mass is 209 g/mol. The Morgan fingerprint density at radius 2 is 2.13 bits per heavy atom. The first-order chi connectivity index (χ1) is 7.24. The number of benzene rings is 1. The zero-order valence-electron chi connectivity index (χ0n) is 8.44. The molecule has 0 spiro atoms. The van der Waals surface area contributed by atoms with Gasteiger partial charge in [-0.15, -0.1) is 0 Å². The molecule has 0 fully saturated rings. The summed E-state index contributed by atoms with van der Waals surface area (Å²) in [6.45, 7) is 2.28. The number of halogens is 1. The third-order valence-electron chi connectivity index (χ3n) is 1.72. The maximum Gasteiger partial charge on any atom is 0.168 e. The minimum Gasteiger partial charge on any atom is -0.396 e. The zero-order chi connectivity index (χ0) is 11.1. The molecule has 80 valence electrons. The molecule has 0 unspecified atom stereocenters. The van der Waals surface area contributed by atoms with E-state index in [9.17, 15) is 9.18 Å². The molecule has 15 heavy (non-hydrogen) atoms. The van der Waals surface area contributed by atoms with Gasteiger partial charge in [0.2, 0.25) is 0 Å². The molecule has 0 aliphatic carbocycles. The number of carbonyl (C=O) groups is 1. The van der Waals surface area contributed by atoms with Gasteiger partial charge in [-0.2, -0.15) is 0 Å². The summed E-state index contributed by atoms with van der Waals surface area (Å²) < 4.78 is 12.5. The van der Waals surface area contributed by atoms with Crippen LogP contribution in [0.25, 0.3) is 0 Å². The third kappa shape index (κ3) is 3.89. The molecule has 0 saturated heterocycles. The summed E-state index contributed by atoms with van der Waals surface area (Å²) in [5.74, 6) is -0.465. The molecular formula is C11H12FNO2. The van der Waals surface area contributed by atoms with Crippen molar-refractivity contribution < 1.29 is 14.0 Å². The standard InChI is InChI=1S/C11H12FNO2/c1-2-15-13-8-7-11(14)9-3-5-10(12)6-4-9/h3-6,8H,2,7H2,1H3. The van der Waals surface area contributed by atoms with E-state index in [4.69, 9.17) is 4.84 Å². The Labute approximate surface area is 87.5 Å². The van der Waals surface area contributed by atoms with Crippen LogP contribution in [0.15, 0.2) is 29.4 Å². The normalized spacial score (nSPS) is 10.5. The average Bonchev–Trinajstić information content (AvgIpc) is 2.25. The van der Waals surface area contributed by atoms with E-state index in [2.05, 4.69) is 5.16 Å². The lowest BCUT2D eigenvalue weighted by molar-refractivity contribution is 0.0998. The van der Waals surface area contributed by atoms with E-state index in [-0.39, 0.29) is 18.0 Å². The summed E-state index contributed by atoms with van der Waals surface area (Å²) in [4.78, 5) is 16.1. The molecule has 0 heterocycles. The van der Waals surface area contributed by atoms with Gasteiger partial charge in [0.15, 0.2) is 5.78 Å². The van der Waals surface area contributed by atoms with Crippen LogP contribution in [0, 0.1) is 5.82 Å². The Kier molecular flexibility index (Phi) is 4.47. The minimum atomic E-state index is -0.352. The van der Waals surface area contributed by atoms with Crippen molar-refractivity contribution in [1.29, 1.82) is 0 Å². The van der Waals surface area contributed by atoms with Crippen LogP contribution in [0.3, 0.4) is 0 Å². The lowest BCUT2D eigenvalue weighted by atomic mass is 10.1. The first kappa shape index (κ1) is 11.4. The Morgan fingerprint density at radius 3 is 2.73 bits per heavy atom. The van der Waals surface area contributed by atoms with Gasteiger partial charge in [-0.25, -0.2) is 4.39 Å². The predicted octanol–water partition coefficient (Wildman–Crippen LogP) is 2.42. The molecule has 0 aliphatic rings. The summed E-state index contributed by atoms with van der Waals surface area (Å²) in [6, 6.07) is 5.41. The van der Waals surface area contributed by atoms with E-state index in [1.165, 1.54) is 30.5 Å². The van der Waals surface area contributed by atoms with E-state index in [1.807, 2.05) is 0 Å². The van der Waals surface area contributed by atoms with E-state index in [1.54, 1.807) is 6.92 Å². The molecule has 0 amide bonds. The summed E-state index contributed by atoms with van der Waals surface area (Å²) >= 11 is 0. The van der Waals surface area contributed by atoms with E-state index >= 15 is 0 Å². The van der Waals surface area contributed by atoms with E-state index in [0.29, 0.717) is 12.2 Å². The SMILES string of the molecule is CCON=CCC(=O)c1ccc(F)cc1. The number of hydrogen-bond donors (Lipinski definition) is 0. The lowest BCUT2D eigenvalue weighted by Gasteiger charge is -1.96. The van der Waals surface area contributed by atoms with Gasteiger partial charge in [0, 0.05) is 12.0 Å². The van der Waals surface area contributed by atoms with Crippen LogP contribution in [0.2, 0.25) is 0 Å². The molecule has 4 heteroatoms. The molecule has 0 N–H and O–H groups in total. The van der Waals surface area contributed by atoms with Gasteiger partial charge in [0.05, 0.1) is 6.21 Å². The van der Waals surface area contributed by atoms with Gasteiger partial charge in [0.1, 0.15) is 12.4 Å². The Hall–Kier alpha value is -1.71. The van der Waals surface area contributed by atoms with Crippen molar-refractivity contribution in [2.24, 2.45) is 5.16 Å². The molecule has 0 bridgehead atoms. The molecule has 3 nitrogen and oxygen atoms in total. The fraction of sp³-hybridized carbons (Fsp3) is 0.273. The lowest BCUT2D eigenvalue weighted by Crippen LogP contribution is -1.99. The number of nitrogens with zero attached hydrogens (tertiary/aromatic N) is 1. The first-order valence-corrected chi connectivity index (χ1v) is 4.66. The van der Waals surface area contributed by atoms with E-state index < -0.39 is 0 Å². The molecule has 0 saturated carbocycles. The van der Waals surface area contributed by atoms with Crippen molar-refractivity contribution in [3.8, 4) is 0 Å². The Bertz CT molecular complexity index is 346. The van der Waals surface area contributed by atoms with Crippen LogP contribution >= 0.6 is 0 Å². The van der Waals surface area contributed by atoms with Gasteiger partial charge < -0.3 is 4.84 Å². The van der Waals surface area contributed by atoms with Crippen LogP contribution in [0.5, 0.6) is 0 Å². The highest BCUT2D eigenvalue weighted by atomic mass is 19.1. The van der Waals surface area contributed by atoms with Crippen LogP contribution in [0.4, 0.5) is 4.39 Å². The Morgan fingerprint density at radius 1 is 1.47 bits per heavy atom. The van der Waals surface area contributed by atoms with Gasteiger partial charge in [-0.1, -0.05) is 5.16 Å². The maximum atomic E-state index is 12.5. The van der Waals surface area contributed by atoms with Crippen molar-refractivity contribution >= 4 is 12.0 Å². The second-order valence-electron chi connectivity index (χ2n) is 2.84. The van der Waals surface area contributed by atoms with Crippen LogP contribution in [0.1, 0.15) is 23.7 Å². The predicted molar refractivity (Wildman–Crippen MR) is 55.5 cm³/mol. The quantitative estimate of drug-likeness (QED) is 0.424. The molecular weight excluding hydrogens is 197 g/mol. The molecule has 1 aromatic carbocycles. The van der Waals surface area contributed by atoms with Crippen molar-refractivity contribution in [3.05, 3.63) is 35.6 Å². The van der Waals surface area contributed by atoms with Crippen LogP contribution in [-0.2, 0) is 4.84 Å². The maximum absolute atomic E-state index is 12.5. The van der Waals surface area contributed by atoms with Crippen molar-refractivity contribution in [1.82, 2.24) is 0 Å². The third-order valence-corrected chi connectivity index (χ3v) is 1.72. The molecule has 0 aromatic heterocycles. The molecule has 0 aliphatic heterocycles. The number of hydrogen-bond acceptors (Lipinski definition) is 3. The summed E-state index contributed by atoms with van der Waals surface area (Å²) in [7, 11) is 0. The number of ketones is 1. The highest BCUT2D eigenvalue weighted by molar-refractivity contribution is 6.03. The number of Topliss-reactive ketones (excluding diaryl/α,β-unsaturated/α-hetero) is 1. The number of rotatable bonds is 5. The molecule has 0 radical (unpaired) electrons. The van der Waals surface area contributed by atoms with Crippen molar-refractivity contribution in [3.63, 3.8) is 0 Å². The fourth-order valence-corrected chi connectivity index (χ4v) is 1.00. The van der Waals surface area contributed by atoms with Gasteiger partial charge in [0.25, 0.3) is 0 Å². The highest BCUT2D eigenvalue weighted by Crippen LogP contribution is 2.04. The van der Waals surface area contributed by atoms with Crippen LogP contribution < -0.4 is 0 Å². The summed E-state index contributed by atoms with van der Waals surface area (Å²) in [5, 5.41) is 3.55. The second kappa shape index (κ2) is 5.90. The Balaban J connectivity index is 2.50. The average molecular weight is 209 g/mol. The molecule has 0 atom stereocenters. The summed E-state index contributed by atoms with van der Waals surface area (Å²) in [5.41, 5.74) is 0.472. The smallest absolute Gasteiger partial charge is 0.168 e.